The molecule has 2 aliphatic carbocycles. The van der Waals surface area contributed by atoms with E-state index in [-0.39, 0.29) is 23.3 Å². The normalized spacial score (nSPS) is 30.9. The number of furan rings is 1. The first-order valence-corrected chi connectivity index (χ1v) is 12.0. The van der Waals surface area contributed by atoms with Gasteiger partial charge in [0.15, 0.2) is 11.3 Å². The zero-order chi connectivity index (χ0) is 21.7. The van der Waals surface area contributed by atoms with Gasteiger partial charge in [0.05, 0.1) is 6.20 Å². The molecule has 2 aromatic heterocycles. The number of fused-ring (bicyclic) bond motifs is 2. The number of hydrogen-bond acceptors (Lipinski definition) is 6. The molecule has 4 aliphatic rings. The highest BCUT2D eigenvalue weighted by atomic mass is 16.3. The average molecular weight is 438 g/mol. The Bertz CT molecular complexity index is 995. The predicted octanol–water partition coefficient (Wildman–Crippen LogP) is 2.22. The molecular weight excluding hydrogens is 406 g/mol. The van der Waals surface area contributed by atoms with Gasteiger partial charge in [-0.1, -0.05) is 12.8 Å². The quantitative estimate of drug-likeness (QED) is 0.678. The van der Waals surface area contributed by atoms with Gasteiger partial charge in [-0.3, -0.25) is 20.0 Å². The molecule has 2 amide bonds. The second kappa shape index (κ2) is 7.85. The van der Waals surface area contributed by atoms with E-state index in [1.807, 2.05) is 6.07 Å². The summed E-state index contributed by atoms with van der Waals surface area (Å²) in [4.78, 5) is 31.8. The molecule has 170 valence electrons. The number of aromatic nitrogens is 1. The molecule has 4 heterocycles. The lowest BCUT2D eigenvalue weighted by molar-refractivity contribution is -0.136. The third kappa shape index (κ3) is 3.49. The summed E-state index contributed by atoms with van der Waals surface area (Å²) in [5.74, 6) is 1.36. The summed E-state index contributed by atoms with van der Waals surface area (Å²) in [6.07, 6.45) is 11.3. The van der Waals surface area contributed by atoms with E-state index in [9.17, 15) is 9.59 Å². The number of hydrogen-bond donors (Lipinski definition) is 3. The average Bonchev–Trinajstić information content (AvgIpc) is 3.17. The minimum absolute atomic E-state index is 0.0670. The summed E-state index contributed by atoms with van der Waals surface area (Å²) in [6, 6.07) is 3.99. The Morgan fingerprint density at radius 1 is 1.22 bits per heavy atom. The zero-order valence-electron chi connectivity index (χ0n) is 18.3. The van der Waals surface area contributed by atoms with Gasteiger partial charge in [-0.05, 0) is 55.6 Å². The van der Waals surface area contributed by atoms with Crippen molar-refractivity contribution in [1.29, 1.82) is 0 Å². The Kier molecular flexibility index (Phi) is 4.95. The second-order valence-corrected chi connectivity index (χ2v) is 10.1. The maximum absolute atomic E-state index is 13.2. The number of amides is 2. The number of nitrogens with one attached hydrogen (secondary N) is 3. The zero-order valence-corrected chi connectivity index (χ0v) is 18.3. The molecule has 0 bridgehead atoms. The van der Waals surface area contributed by atoms with Crippen molar-refractivity contribution < 1.29 is 14.0 Å². The van der Waals surface area contributed by atoms with Crippen LogP contribution in [0.4, 0.5) is 0 Å². The first-order valence-electron chi connectivity index (χ1n) is 12.0. The number of nitrogens with zero attached hydrogens (tertiary/aromatic N) is 2. The topological polar surface area (TPSA) is 99.5 Å². The summed E-state index contributed by atoms with van der Waals surface area (Å²) in [5, 5.41) is 3.94. The molecule has 6 rings (SSSR count). The third-order valence-corrected chi connectivity index (χ3v) is 8.42. The van der Waals surface area contributed by atoms with Crippen LogP contribution in [0.3, 0.4) is 0 Å². The van der Waals surface area contributed by atoms with E-state index in [1.165, 1.54) is 19.3 Å². The van der Waals surface area contributed by atoms with Crippen molar-refractivity contribution in [1.82, 2.24) is 26.1 Å². The SMILES string of the molecule is O=C(NCC1CC12CCN(C(=O)C1NNC3CCCCC31)CC2)c1cc2ccncc2o1. The molecule has 2 saturated carbocycles. The molecular formula is C24H31N5O3. The van der Waals surface area contributed by atoms with E-state index in [2.05, 4.69) is 26.1 Å². The van der Waals surface area contributed by atoms with E-state index in [4.69, 9.17) is 4.42 Å². The van der Waals surface area contributed by atoms with E-state index < -0.39 is 0 Å². The largest absolute Gasteiger partial charge is 0.449 e. The van der Waals surface area contributed by atoms with Crippen molar-refractivity contribution in [2.24, 2.45) is 17.3 Å². The molecule has 2 aliphatic heterocycles. The van der Waals surface area contributed by atoms with Gasteiger partial charge in [-0.25, -0.2) is 5.43 Å². The maximum Gasteiger partial charge on any atom is 0.287 e. The lowest BCUT2D eigenvalue weighted by atomic mass is 9.81. The molecule has 1 spiro atoms. The standard InChI is InChI=1S/C24H31N5O3/c30-22(19-11-15-5-8-25-14-20(15)32-19)26-13-16-12-24(16)6-9-29(10-7-24)23(31)21-17-3-1-2-4-18(17)27-28-21/h5,8,11,14,16-18,21,27-28H,1-4,6-7,9-10,12-13H2,(H,26,30). The Morgan fingerprint density at radius 3 is 2.91 bits per heavy atom. The van der Waals surface area contributed by atoms with Crippen LogP contribution in [0.15, 0.2) is 28.9 Å². The minimum atomic E-state index is -0.169. The summed E-state index contributed by atoms with van der Waals surface area (Å²) in [5.41, 5.74) is 7.58. The molecule has 3 N–H and O–H groups in total. The molecule has 0 radical (unpaired) electrons. The molecule has 4 unspecified atom stereocenters. The Balaban J connectivity index is 0.998. The molecule has 4 fully saturated rings. The lowest BCUT2D eigenvalue weighted by Gasteiger charge is -2.36. The van der Waals surface area contributed by atoms with E-state index in [1.54, 1.807) is 18.5 Å². The molecule has 2 saturated heterocycles. The van der Waals surface area contributed by atoms with Gasteiger partial charge in [0.25, 0.3) is 5.91 Å². The first kappa shape index (κ1) is 20.2. The molecule has 8 heteroatoms. The van der Waals surface area contributed by atoms with Crippen LogP contribution in [0.5, 0.6) is 0 Å². The molecule has 4 atom stereocenters. The molecule has 8 nitrogen and oxygen atoms in total. The Hall–Kier alpha value is -2.45. The van der Waals surface area contributed by atoms with Crippen LogP contribution in [0.1, 0.15) is 55.5 Å². The summed E-state index contributed by atoms with van der Waals surface area (Å²) in [6.45, 7) is 2.32. The van der Waals surface area contributed by atoms with Crippen molar-refractivity contribution in [2.75, 3.05) is 19.6 Å². The van der Waals surface area contributed by atoms with Crippen LogP contribution < -0.4 is 16.2 Å². The number of rotatable bonds is 4. The monoisotopic (exact) mass is 437 g/mol. The number of hydrazine groups is 1. The van der Waals surface area contributed by atoms with Gasteiger partial charge in [0.1, 0.15) is 6.04 Å². The predicted molar refractivity (Wildman–Crippen MR) is 119 cm³/mol. The first-order chi connectivity index (χ1) is 15.6. The van der Waals surface area contributed by atoms with Gasteiger partial charge in [-0.2, -0.15) is 0 Å². The Labute approximate surface area is 187 Å². The highest BCUT2D eigenvalue weighted by Crippen LogP contribution is 2.59. The van der Waals surface area contributed by atoms with E-state index >= 15 is 0 Å². The van der Waals surface area contributed by atoms with Crippen LogP contribution in [0, 0.1) is 17.3 Å². The van der Waals surface area contributed by atoms with Crippen LogP contribution >= 0.6 is 0 Å². The fourth-order valence-electron chi connectivity index (χ4n) is 6.29. The van der Waals surface area contributed by atoms with E-state index in [0.29, 0.717) is 35.8 Å². The van der Waals surface area contributed by atoms with E-state index in [0.717, 1.165) is 44.2 Å². The minimum Gasteiger partial charge on any atom is -0.449 e. The lowest BCUT2D eigenvalue weighted by Crippen LogP contribution is -2.50. The highest BCUT2D eigenvalue weighted by molar-refractivity contribution is 5.95. The van der Waals surface area contributed by atoms with Gasteiger partial charge in [-0.15, -0.1) is 0 Å². The Morgan fingerprint density at radius 2 is 2.06 bits per heavy atom. The van der Waals surface area contributed by atoms with Crippen molar-refractivity contribution in [2.45, 2.75) is 57.0 Å². The molecule has 2 aromatic rings. The number of carbonyl (C=O) groups is 2. The highest BCUT2D eigenvalue weighted by Gasteiger charge is 2.55. The van der Waals surface area contributed by atoms with Crippen LogP contribution in [-0.2, 0) is 4.79 Å². The molecule has 0 aromatic carbocycles. The van der Waals surface area contributed by atoms with Crippen LogP contribution in [-0.4, -0.2) is 53.4 Å². The molecule has 32 heavy (non-hydrogen) atoms. The van der Waals surface area contributed by atoms with Gasteiger partial charge >= 0.3 is 0 Å². The third-order valence-electron chi connectivity index (χ3n) is 8.42. The number of carbonyl (C=O) groups excluding carboxylic acids is 2. The van der Waals surface area contributed by atoms with Gasteiger partial charge in [0, 0.05) is 43.2 Å². The van der Waals surface area contributed by atoms with Gasteiger partial charge < -0.3 is 14.6 Å². The summed E-state index contributed by atoms with van der Waals surface area (Å²) >= 11 is 0. The summed E-state index contributed by atoms with van der Waals surface area (Å²) < 4.78 is 5.62. The second-order valence-electron chi connectivity index (χ2n) is 10.1. The number of piperidine rings is 1. The smallest absolute Gasteiger partial charge is 0.287 e. The van der Waals surface area contributed by atoms with Crippen LogP contribution in [0.25, 0.3) is 11.0 Å². The fourth-order valence-corrected chi connectivity index (χ4v) is 6.29. The fraction of sp³-hybridized carbons (Fsp3) is 0.625. The van der Waals surface area contributed by atoms with Crippen molar-refractivity contribution in [3.8, 4) is 0 Å². The van der Waals surface area contributed by atoms with Crippen molar-refractivity contribution in [3.63, 3.8) is 0 Å². The number of likely N-dealkylation sites (tertiary alicyclic amines) is 1. The van der Waals surface area contributed by atoms with Crippen molar-refractivity contribution >= 4 is 22.8 Å². The van der Waals surface area contributed by atoms with Crippen molar-refractivity contribution in [3.05, 3.63) is 30.3 Å². The number of pyridine rings is 1. The van der Waals surface area contributed by atoms with Gasteiger partial charge in [0.2, 0.25) is 5.91 Å². The van der Waals surface area contributed by atoms with Crippen LogP contribution in [0.2, 0.25) is 0 Å². The maximum atomic E-state index is 13.2. The summed E-state index contributed by atoms with van der Waals surface area (Å²) in [7, 11) is 0.